The van der Waals surface area contributed by atoms with Crippen LogP contribution in [0.5, 0.6) is 0 Å². The molecule has 0 amide bonds. The zero-order valence-corrected chi connectivity index (χ0v) is 12.0. The van der Waals surface area contributed by atoms with E-state index in [9.17, 15) is 0 Å². The van der Waals surface area contributed by atoms with Crippen molar-refractivity contribution in [3.8, 4) is 0 Å². The molecule has 1 N–H and O–H groups in total. The summed E-state index contributed by atoms with van der Waals surface area (Å²) >= 11 is 0. The Kier molecular flexibility index (Phi) is 3.50. The predicted molar refractivity (Wildman–Crippen MR) is 83.2 cm³/mol. The first kappa shape index (κ1) is 12.9. The van der Waals surface area contributed by atoms with Gasteiger partial charge in [0, 0.05) is 17.4 Å². The molecule has 0 fully saturated rings. The maximum absolute atomic E-state index is 4.53. The van der Waals surface area contributed by atoms with E-state index < -0.39 is 0 Å². The molecule has 1 aromatic carbocycles. The second-order valence-electron chi connectivity index (χ2n) is 5.23. The van der Waals surface area contributed by atoms with Gasteiger partial charge in [0.05, 0.1) is 5.69 Å². The highest BCUT2D eigenvalue weighted by molar-refractivity contribution is 5.60. The van der Waals surface area contributed by atoms with Crippen LogP contribution in [-0.2, 0) is 12.8 Å². The van der Waals surface area contributed by atoms with Gasteiger partial charge in [-0.15, -0.1) is 0 Å². The smallest absolute Gasteiger partial charge is 0.227 e. The molecular weight excluding hydrogens is 246 g/mol. The summed E-state index contributed by atoms with van der Waals surface area (Å²) in [5.41, 5.74) is 6.00. The van der Waals surface area contributed by atoms with Crippen LogP contribution in [0.2, 0.25) is 0 Å². The maximum Gasteiger partial charge on any atom is 0.227 e. The number of nitrogens with one attached hydrogen (secondary N) is 1. The second kappa shape index (κ2) is 5.45. The molecule has 0 saturated carbocycles. The van der Waals surface area contributed by atoms with E-state index >= 15 is 0 Å². The van der Waals surface area contributed by atoms with Crippen LogP contribution >= 0.6 is 0 Å². The minimum atomic E-state index is 0.665. The van der Waals surface area contributed by atoms with Gasteiger partial charge in [-0.25, -0.2) is 9.97 Å². The minimum absolute atomic E-state index is 0.665. The molecule has 3 nitrogen and oxygen atoms in total. The van der Waals surface area contributed by atoms with Crippen molar-refractivity contribution < 1.29 is 0 Å². The van der Waals surface area contributed by atoms with Gasteiger partial charge in [0.25, 0.3) is 0 Å². The van der Waals surface area contributed by atoms with Gasteiger partial charge in [0.1, 0.15) is 0 Å². The molecular formula is C17H19N3. The van der Waals surface area contributed by atoms with Gasteiger partial charge >= 0.3 is 0 Å². The first-order chi connectivity index (χ1) is 9.76. The van der Waals surface area contributed by atoms with Crippen molar-refractivity contribution in [1.82, 2.24) is 9.97 Å². The Morgan fingerprint density at radius 3 is 3.00 bits per heavy atom. The van der Waals surface area contributed by atoms with Crippen LogP contribution in [0.4, 0.5) is 11.6 Å². The van der Waals surface area contributed by atoms with Crippen molar-refractivity contribution in [2.45, 2.75) is 33.1 Å². The third-order valence-corrected chi connectivity index (χ3v) is 3.63. The van der Waals surface area contributed by atoms with E-state index in [0.29, 0.717) is 5.95 Å². The topological polar surface area (TPSA) is 37.8 Å². The fourth-order valence-corrected chi connectivity index (χ4v) is 2.53. The summed E-state index contributed by atoms with van der Waals surface area (Å²) in [7, 11) is 0. The average molecular weight is 265 g/mol. The second-order valence-corrected chi connectivity index (χ2v) is 5.23. The molecule has 1 aromatic heterocycles. The molecule has 0 spiro atoms. The number of hydrogen-bond acceptors (Lipinski definition) is 3. The van der Waals surface area contributed by atoms with Crippen molar-refractivity contribution in [2.75, 3.05) is 5.32 Å². The standard InChI is InChI=1S/C17H19N3/c1-3-5-13-8-9-15(10-12(13)2)19-17-18-11-14-6-4-7-16(14)20-17/h4,7-11H,3,5-6H2,1-2H3,(H,18,19,20). The first-order valence-electron chi connectivity index (χ1n) is 7.15. The number of nitrogens with zero attached hydrogens (tertiary/aromatic N) is 2. The van der Waals surface area contributed by atoms with Gasteiger partial charge in [0.15, 0.2) is 0 Å². The van der Waals surface area contributed by atoms with E-state index in [1.165, 1.54) is 23.1 Å². The average Bonchev–Trinajstić information content (AvgIpc) is 2.89. The predicted octanol–water partition coefficient (Wildman–Crippen LogP) is 4.05. The Labute approximate surface area is 119 Å². The molecule has 2 aromatic rings. The molecule has 1 aliphatic rings. The summed E-state index contributed by atoms with van der Waals surface area (Å²) in [5, 5.41) is 3.29. The van der Waals surface area contributed by atoms with Gasteiger partial charge in [-0.05, 0) is 49.1 Å². The van der Waals surface area contributed by atoms with Crippen molar-refractivity contribution in [3.05, 3.63) is 52.9 Å². The number of hydrogen-bond donors (Lipinski definition) is 1. The summed E-state index contributed by atoms with van der Waals surface area (Å²) in [6.45, 7) is 4.36. The van der Waals surface area contributed by atoms with Gasteiger partial charge in [-0.3, -0.25) is 0 Å². The molecule has 3 rings (SSSR count). The lowest BCUT2D eigenvalue weighted by Crippen LogP contribution is -2.00. The van der Waals surface area contributed by atoms with Crippen LogP contribution in [0.3, 0.4) is 0 Å². The van der Waals surface area contributed by atoms with Gasteiger partial charge in [-0.2, -0.15) is 0 Å². The normalized spacial score (nSPS) is 12.5. The quantitative estimate of drug-likeness (QED) is 0.906. The monoisotopic (exact) mass is 265 g/mol. The molecule has 1 aliphatic carbocycles. The first-order valence-corrected chi connectivity index (χ1v) is 7.15. The van der Waals surface area contributed by atoms with Gasteiger partial charge in [-0.1, -0.05) is 25.5 Å². The fraction of sp³-hybridized carbons (Fsp3) is 0.294. The van der Waals surface area contributed by atoms with E-state index in [0.717, 1.165) is 24.2 Å². The van der Waals surface area contributed by atoms with Crippen molar-refractivity contribution in [3.63, 3.8) is 0 Å². The summed E-state index contributed by atoms with van der Waals surface area (Å²) in [6, 6.07) is 6.45. The zero-order valence-electron chi connectivity index (χ0n) is 12.0. The summed E-state index contributed by atoms with van der Waals surface area (Å²) in [5.74, 6) is 0.665. The van der Waals surface area contributed by atoms with Crippen molar-refractivity contribution in [2.24, 2.45) is 0 Å². The number of anilines is 2. The Bertz CT molecular complexity index is 659. The van der Waals surface area contributed by atoms with E-state index in [1.54, 1.807) is 0 Å². The fourth-order valence-electron chi connectivity index (χ4n) is 2.53. The maximum atomic E-state index is 4.53. The van der Waals surface area contributed by atoms with E-state index in [4.69, 9.17) is 0 Å². The van der Waals surface area contributed by atoms with E-state index in [2.05, 4.69) is 59.5 Å². The Morgan fingerprint density at radius 2 is 2.20 bits per heavy atom. The van der Waals surface area contributed by atoms with Crippen LogP contribution < -0.4 is 5.32 Å². The molecule has 1 heterocycles. The van der Waals surface area contributed by atoms with E-state index in [-0.39, 0.29) is 0 Å². The summed E-state index contributed by atoms with van der Waals surface area (Å²) in [6.07, 6.45) is 9.33. The van der Waals surface area contributed by atoms with Gasteiger partial charge in [0.2, 0.25) is 5.95 Å². The van der Waals surface area contributed by atoms with Crippen molar-refractivity contribution >= 4 is 17.7 Å². The SMILES string of the molecule is CCCc1ccc(Nc2ncc3c(n2)C=CC3)cc1C. The van der Waals surface area contributed by atoms with Crippen LogP contribution in [0.1, 0.15) is 35.7 Å². The number of fused-ring (bicyclic) bond motifs is 1. The number of aryl methyl sites for hydroxylation is 2. The molecule has 0 aliphatic heterocycles. The molecule has 0 atom stereocenters. The minimum Gasteiger partial charge on any atom is -0.324 e. The largest absolute Gasteiger partial charge is 0.324 e. The number of allylic oxidation sites excluding steroid dienone is 1. The molecule has 3 heteroatoms. The van der Waals surface area contributed by atoms with Gasteiger partial charge < -0.3 is 5.32 Å². The summed E-state index contributed by atoms with van der Waals surface area (Å²) < 4.78 is 0. The third-order valence-electron chi connectivity index (χ3n) is 3.63. The lowest BCUT2D eigenvalue weighted by molar-refractivity contribution is 0.913. The van der Waals surface area contributed by atoms with E-state index in [1.807, 2.05) is 6.20 Å². The van der Waals surface area contributed by atoms with Crippen molar-refractivity contribution in [1.29, 1.82) is 0 Å². The molecule has 0 unspecified atom stereocenters. The van der Waals surface area contributed by atoms with Crippen LogP contribution in [0.15, 0.2) is 30.5 Å². The lowest BCUT2D eigenvalue weighted by atomic mass is 10.0. The number of aromatic nitrogens is 2. The zero-order chi connectivity index (χ0) is 13.9. The molecule has 0 radical (unpaired) electrons. The molecule has 102 valence electrons. The number of rotatable bonds is 4. The Morgan fingerprint density at radius 1 is 1.30 bits per heavy atom. The molecule has 0 saturated heterocycles. The van der Waals surface area contributed by atoms with Crippen LogP contribution in [0, 0.1) is 6.92 Å². The molecule has 0 bridgehead atoms. The Balaban J connectivity index is 1.81. The van der Waals surface area contributed by atoms with Crippen LogP contribution in [0.25, 0.3) is 6.08 Å². The number of benzene rings is 1. The highest BCUT2D eigenvalue weighted by atomic mass is 15.1. The highest BCUT2D eigenvalue weighted by Gasteiger charge is 2.08. The highest BCUT2D eigenvalue weighted by Crippen LogP contribution is 2.21. The lowest BCUT2D eigenvalue weighted by Gasteiger charge is -2.10. The molecule has 20 heavy (non-hydrogen) atoms. The Hall–Kier alpha value is -2.16. The summed E-state index contributed by atoms with van der Waals surface area (Å²) in [4.78, 5) is 8.90. The van der Waals surface area contributed by atoms with Crippen LogP contribution in [-0.4, -0.2) is 9.97 Å². The third kappa shape index (κ3) is 2.57.